The number of aromatic nitrogens is 1. The molecule has 3 heterocycles. The fraction of sp³-hybridized carbons (Fsp3) is 0.222. The average molecular weight is 472 g/mol. The van der Waals surface area contributed by atoms with Crippen molar-refractivity contribution in [3.63, 3.8) is 0 Å². The Morgan fingerprint density at radius 2 is 1.80 bits per heavy atom. The van der Waals surface area contributed by atoms with Crippen molar-refractivity contribution in [1.29, 1.82) is 0 Å². The summed E-state index contributed by atoms with van der Waals surface area (Å²) in [6, 6.07) is 15.4. The van der Waals surface area contributed by atoms with E-state index in [2.05, 4.69) is 4.98 Å². The molecule has 1 amide bonds. The Hall–Kier alpha value is -4.33. The second-order valence-corrected chi connectivity index (χ2v) is 8.63. The van der Waals surface area contributed by atoms with Crippen molar-refractivity contribution in [3.05, 3.63) is 89.3 Å². The van der Waals surface area contributed by atoms with Crippen LogP contribution in [0.5, 0.6) is 11.5 Å². The van der Waals surface area contributed by atoms with Gasteiger partial charge in [0.1, 0.15) is 19.0 Å². The van der Waals surface area contributed by atoms with Crippen LogP contribution in [0.3, 0.4) is 0 Å². The maximum absolute atomic E-state index is 13.3. The third-order valence-electron chi connectivity index (χ3n) is 6.16. The van der Waals surface area contributed by atoms with E-state index in [-0.39, 0.29) is 17.9 Å². The molecule has 1 unspecified atom stereocenters. The van der Waals surface area contributed by atoms with E-state index in [0.717, 1.165) is 16.8 Å². The van der Waals surface area contributed by atoms with Gasteiger partial charge >= 0.3 is 0 Å². The Labute approximate surface area is 203 Å². The van der Waals surface area contributed by atoms with Crippen LogP contribution in [0.1, 0.15) is 22.7 Å². The quantitative estimate of drug-likeness (QED) is 0.346. The van der Waals surface area contributed by atoms with Gasteiger partial charge < -0.3 is 24.4 Å². The number of likely N-dealkylation sites (tertiary alicyclic amines) is 1. The van der Waals surface area contributed by atoms with E-state index in [1.54, 1.807) is 36.7 Å². The number of carbonyl (C=O) groups excluding carboxylic acids is 2. The van der Waals surface area contributed by atoms with Gasteiger partial charge in [-0.2, -0.15) is 0 Å². The fourth-order valence-corrected chi connectivity index (χ4v) is 4.38. The van der Waals surface area contributed by atoms with E-state index in [4.69, 9.17) is 9.47 Å². The number of fused-ring (bicyclic) bond motifs is 1. The number of aliphatic hydroxyl groups is 1. The Balaban J connectivity index is 1.62. The lowest BCUT2D eigenvalue weighted by Crippen LogP contribution is -2.29. The zero-order valence-corrected chi connectivity index (χ0v) is 19.5. The van der Waals surface area contributed by atoms with Crippen molar-refractivity contribution in [1.82, 2.24) is 9.88 Å². The zero-order valence-electron chi connectivity index (χ0n) is 19.5. The lowest BCUT2D eigenvalue weighted by molar-refractivity contribution is -0.140. The molecule has 3 aromatic rings. The van der Waals surface area contributed by atoms with Crippen LogP contribution in [-0.4, -0.2) is 54.0 Å². The molecule has 1 saturated heterocycles. The predicted molar refractivity (Wildman–Crippen MR) is 130 cm³/mol. The van der Waals surface area contributed by atoms with Crippen molar-refractivity contribution in [2.24, 2.45) is 0 Å². The van der Waals surface area contributed by atoms with Gasteiger partial charge in [-0.3, -0.25) is 14.6 Å². The molecular weight excluding hydrogens is 446 g/mol. The van der Waals surface area contributed by atoms with Gasteiger partial charge in [0.2, 0.25) is 0 Å². The van der Waals surface area contributed by atoms with Crippen molar-refractivity contribution >= 4 is 23.1 Å². The summed E-state index contributed by atoms with van der Waals surface area (Å²) in [6.07, 6.45) is 3.31. The third-order valence-corrected chi connectivity index (χ3v) is 6.16. The highest BCUT2D eigenvalue weighted by molar-refractivity contribution is 6.46. The molecule has 5 rings (SSSR count). The maximum atomic E-state index is 13.3. The number of anilines is 1. The summed E-state index contributed by atoms with van der Waals surface area (Å²) in [5.74, 6) is -0.606. The first-order valence-corrected chi connectivity index (χ1v) is 11.3. The minimum absolute atomic E-state index is 0.0353. The second-order valence-electron chi connectivity index (χ2n) is 8.63. The molecular formula is C27H25N3O5. The van der Waals surface area contributed by atoms with E-state index in [1.807, 2.05) is 49.3 Å². The van der Waals surface area contributed by atoms with Crippen molar-refractivity contribution < 1.29 is 24.2 Å². The number of hydrogen-bond acceptors (Lipinski definition) is 7. The van der Waals surface area contributed by atoms with Crippen molar-refractivity contribution in [2.45, 2.75) is 12.6 Å². The molecule has 0 saturated carbocycles. The van der Waals surface area contributed by atoms with Crippen LogP contribution in [0.4, 0.5) is 5.69 Å². The molecule has 2 aliphatic heterocycles. The lowest BCUT2D eigenvalue weighted by Gasteiger charge is -2.26. The molecule has 1 fully saturated rings. The Kier molecular flexibility index (Phi) is 5.86. The Morgan fingerprint density at radius 3 is 2.49 bits per heavy atom. The van der Waals surface area contributed by atoms with E-state index in [0.29, 0.717) is 30.3 Å². The number of hydrogen-bond donors (Lipinski definition) is 1. The molecule has 0 aliphatic carbocycles. The van der Waals surface area contributed by atoms with Gasteiger partial charge in [0.15, 0.2) is 11.5 Å². The van der Waals surface area contributed by atoms with Crippen LogP contribution in [0.15, 0.2) is 72.6 Å². The summed E-state index contributed by atoms with van der Waals surface area (Å²) in [5.41, 5.74) is 2.89. The summed E-state index contributed by atoms with van der Waals surface area (Å²) in [6.45, 7) is 1.02. The molecule has 0 radical (unpaired) electrons. The van der Waals surface area contributed by atoms with Gasteiger partial charge in [-0.15, -0.1) is 0 Å². The first kappa shape index (κ1) is 22.5. The number of aliphatic hydroxyl groups excluding tert-OH is 1. The topological polar surface area (TPSA) is 92.2 Å². The molecule has 0 bridgehead atoms. The molecule has 1 N–H and O–H groups in total. The smallest absolute Gasteiger partial charge is 0.295 e. The zero-order chi connectivity index (χ0) is 24.5. The normalized spacial score (nSPS) is 18.6. The molecule has 178 valence electrons. The summed E-state index contributed by atoms with van der Waals surface area (Å²) < 4.78 is 11.2. The molecule has 2 aliphatic rings. The molecule has 1 atom stereocenters. The van der Waals surface area contributed by atoms with E-state index in [1.165, 1.54) is 4.90 Å². The number of Topliss-reactive ketones (excluding diaryl/α,β-unsaturated/α-hetero) is 1. The van der Waals surface area contributed by atoms with Gasteiger partial charge in [0.25, 0.3) is 11.7 Å². The van der Waals surface area contributed by atoms with Crippen LogP contribution >= 0.6 is 0 Å². The van der Waals surface area contributed by atoms with Crippen LogP contribution in [0.2, 0.25) is 0 Å². The number of rotatable bonds is 5. The van der Waals surface area contributed by atoms with Crippen LogP contribution in [-0.2, 0) is 16.1 Å². The molecule has 0 spiro atoms. The largest absolute Gasteiger partial charge is 0.507 e. The first-order chi connectivity index (χ1) is 16.9. The monoisotopic (exact) mass is 471 g/mol. The number of amides is 1. The van der Waals surface area contributed by atoms with Gasteiger partial charge in [-0.1, -0.05) is 18.2 Å². The van der Waals surface area contributed by atoms with E-state index < -0.39 is 17.7 Å². The Morgan fingerprint density at radius 1 is 1.06 bits per heavy atom. The highest BCUT2D eigenvalue weighted by Gasteiger charge is 2.46. The van der Waals surface area contributed by atoms with Gasteiger partial charge in [0.05, 0.1) is 11.6 Å². The van der Waals surface area contributed by atoms with Crippen molar-refractivity contribution in [3.8, 4) is 11.5 Å². The van der Waals surface area contributed by atoms with E-state index >= 15 is 0 Å². The highest BCUT2D eigenvalue weighted by Crippen LogP contribution is 2.42. The summed E-state index contributed by atoms with van der Waals surface area (Å²) >= 11 is 0. The van der Waals surface area contributed by atoms with Crippen LogP contribution in [0.25, 0.3) is 5.76 Å². The summed E-state index contributed by atoms with van der Waals surface area (Å²) in [5, 5.41) is 11.3. The number of carbonyl (C=O) groups is 2. The van der Waals surface area contributed by atoms with Crippen LogP contribution < -0.4 is 14.4 Å². The lowest BCUT2D eigenvalue weighted by atomic mass is 9.94. The molecule has 8 nitrogen and oxygen atoms in total. The first-order valence-electron chi connectivity index (χ1n) is 11.3. The number of nitrogens with zero attached hydrogens (tertiary/aromatic N) is 3. The SMILES string of the molecule is CN(C)c1ccc(C2C(=C(O)c3ccc4c(c3)OCCO4)C(=O)C(=O)N2Cc2cccnc2)cc1. The van der Waals surface area contributed by atoms with Gasteiger partial charge in [-0.25, -0.2) is 0 Å². The molecule has 2 aromatic carbocycles. The number of ether oxygens (including phenoxy) is 2. The molecule has 8 heteroatoms. The highest BCUT2D eigenvalue weighted by atomic mass is 16.6. The number of benzene rings is 2. The third kappa shape index (κ3) is 4.19. The number of pyridine rings is 1. The van der Waals surface area contributed by atoms with Gasteiger partial charge in [0, 0.05) is 44.3 Å². The van der Waals surface area contributed by atoms with E-state index in [9.17, 15) is 14.7 Å². The molecule has 35 heavy (non-hydrogen) atoms. The summed E-state index contributed by atoms with van der Waals surface area (Å²) in [4.78, 5) is 34.1. The summed E-state index contributed by atoms with van der Waals surface area (Å²) in [7, 11) is 3.87. The standard InChI is InChI=1S/C27H25N3O5/c1-29(2)20-8-5-18(6-9-20)24-23(25(31)19-7-10-21-22(14-19)35-13-12-34-21)26(32)27(33)30(24)16-17-4-3-11-28-15-17/h3-11,14-15,24,31H,12-13,16H2,1-2H3. The van der Waals surface area contributed by atoms with Crippen LogP contribution in [0, 0.1) is 0 Å². The Bertz CT molecular complexity index is 1300. The number of ketones is 1. The van der Waals surface area contributed by atoms with Gasteiger partial charge in [-0.05, 0) is 47.5 Å². The average Bonchev–Trinajstić information content (AvgIpc) is 3.13. The minimum atomic E-state index is -0.764. The predicted octanol–water partition coefficient (Wildman–Crippen LogP) is 3.54. The second kappa shape index (κ2) is 9.13. The molecule has 1 aromatic heterocycles. The maximum Gasteiger partial charge on any atom is 0.295 e. The minimum Gasteiger partial charge on any atom is -0.507 e. The fourth-order valence-electron chi connectivity index (χ4n) is 4.38. The van der Waals surface area contributed by atoms with Crippen molar-refractivity contribution in [2.75, 3.05) is 32.2 Å².